The Morgan fingerprint density at radius 2 is 1.55 bits per heavy atom. The first-order chi connectivity index (χ1) is 8.61. The second kappa shape index (κ2) is 6.01. The number of halogens is 3. The SMILES string of the molecule is CC(C)[C@@H](O[Si](C)(C)C(C)(C)C)[C@H]([N+](=O)[O-])C(F)(F)F. The van der Waals surface area contributed by atoms with Crippen molar-refractivity contribution in [2.45, 2.75) is 71.1 Å². The average molecular weight is 315 g/mol. The lowest BCUT2D eigenvalue weighted by molar-refractivity contribution is -0.575. The summed E-state index contributed by atoms with van der Waals surface area (Å²) >= 11 is 0. The normalized spacial score (nSPS) is 17.1. The van der Waals surface area contributed by atoms with Crippen molar-refractivity contribution in [2.24, 2.45) is 5.92 Å². The molecule has 0 aliphatic carbocycles. The van der Waals surface area contributed by atoms with E-state index in [1.165, 1.54) is 13.8 Å². The zero-order valence-corrected chi connectivity index (χ0v) is 14.0. The monoisotopic (exact) mass is 315 g/mol. The Kier molecular flexibility index (Phi) is 5.82. The van der Waals surface area contributed by atoms with Crippen molar-refractivity contribution in [2.75, 3.05) is 0 Å². The van der Waals surface area contributed by atoms with Crippen LogP contribution in [-0.4, -0.2) is 31.6 Å². The van der Waals surface area contributed by atoms with Crippen LogP contribution in [0.15, 0.2) is 0 Å². The van der Waals surface area contributed by atoms with Crippen LogP contribution in [0.3, 0.4) is 0 Å². The lowest BCUT2D eigenvalue weighted by atomic mass is 10.00. The van der Waals surface area contributed by atoms with Gasteiger partial charge in [-0.3, -0.25) is 10.1 Å². The van der Waals surface area contributed by atoms with E-state index in [4.69, 9.17) is 4.43 Å². The van der Waals surface area contributed by atoms with E-state index in [9.17, 15) is 23.3 Å². The minimum absolute atomic E-state index is 0.313. The van der Waals surface area contributed by atoms with Gasteiger partial charge in [0.25, 0.3) is 0 Å². The fourth-order valence-corrected chi connectivity index (χ4v) is 2.94. The summed E-state index contributed by atoms with van der Waals surface area (Å²) in [5, 5.41) is 10.5. The molecule has 0 saturated heterocycles. The lowest BCUT2D eigenvalue weighted by Crippen LogP contribution is -2.55. The Morgan fingerprint density at radius 1 is 1.15 bits per heavy atom. The van der Waals surface area contributed by atoms with Crippen molar-refractivity contribution in [3.05, 3.63) is 10.1 Å². The molecule has 0 unspecified atom stereocenters. The van der Waals surface area contributed by atoms with Crippen LogP contribution >= 0.6 is 0 Å². The van der Waals surface area contributed by atoms with Crippen LogP contribution in [0.5, 0.6) is 0 Å². The van der Waals surface area contributed by atoms with Gasteiger partial charge in [0, 0.05) is 4.92 Å². The molecule has 20 heavy (non-hydrogen) atoms. The highest BCUT2D eigenvalue weighted by Gasteiger charge is 2.57. The van der Waals surface area contributed by atoms with Crippen LogP contribution in [0.1, 0.15) is 34.6 Å². The molecule has 0 bridgehead atoms. The van der Waals surface area contributed by atoms with Crippen molar-refractivity contribution >= 4 is 8.32 Å². The predicted octanol–water partition coefficient (Wildman–Crippen LogP) is 4.24. The van der Waals surface area contributed by atoms with Gasteiger partial charge in [-0.1, -0.05) is 34.6 Å². The van der Waals surface area contributed by atoms with Crippen molar-refractivity contribution < 1.29 is 22.5 Å². The van der Waals surface area contributed by atoms with Crippen molar-refractivity contribution in [1.29, 1.82) is 0 Å². The molecule has 2 atom stereocenters. The van der Waals surface area contributed by atoms with Crippen molar-refractivity contribution in [1.82, 2.24) is 0 Å². The van der Waals surface area contributed by atoms with Gasteiger partial charge < -0.3 is 4.43 Å². The summed E-state index contributed by atoms with van der Waals surface area (Å²) in [7, 11) is -2.52. The topological polar surface area (TPSA) is 52.4 Å². The van der Waals surface area contributed by atoms with Crippen LogP contribution in [0.4, 0.5) is 13.2 Å². The van der Waals surface area contributed by atoms with E-state index in [-0.39, 0.29) is 5.04 Å². The zero-order chi connectivity index (χ0) is 16.5. The van der Waals surface area contributed by atoms with Gasteiger partial charge in [-0.2, -0.15) is 13.2 Å². The highest BCUT2D eigenvalue weighted by Crippen LogP contribution is 2.40. The summed E-state index contributed by atoms with van der Waals surface area (Å²) in [6.07, 6.45) is -6.38. The van der Waals surface area contributed by atoms with E-state index < -0.39 is 37.5 Å². The van der Waals surface area contributed by atoms with Gasteiger partial charge in [0.05, 0.1) is 0 Å². The van der Waals surface area contributed by atoms with Gasteiger partial charge in [-0.15, -0.1) is 0 Å². The largest absolute Gasteiger partial charge is 0.460 e. The molecule has 0 spiro atoms. The molecule has 0 saturated carbocycles. The summed E-state index contributed by atoms with van der Waals surface area (Å²) < 4.78 is 44.5. The molecular formula is C12H24F3NO3Si. The Bertz CT molecular complexity index is 351. The standard InChI is InChI=1S/C12H24F3NO3Si/c1-8(2)9(10(16(17)18)12(13,14)15)19-20(6,7)11(3,4)5/h8-10H,1-7H3/t9-,10+/m1/s1. The molecule has 0 aromatic rings. The van der Waals surface area contributed by atoms with Gasteiger partial charge >= 0.3 is 12.2 Å². The van der Waals surface area contributed by atoms with E-state index in [2.05, 4.69) is 0 Å². The molecule has 0 N–H and O–H groups in total. The first-order valence-corrected chi connectivity index (χ1v) is 9.40. The Hall–Kier alpha value is -0.633. The smallest absolute Gasteiger partial charge is 0.406 e. The maximum Gasteiger partial charge on any atom is 0.460 e. The summed E-state index contributed by atoms with van der Waals surface area (Å²) in [6, 6.07) is -2.68. The third-order valence-corrected chi connectivity index (χ3v) is 8.24. The van der Waals surface area contributed by atoms with Crippen LogP contribution in [0, 0.1) is 16.0 Å². The molecule has 0 aliphatic heterocycles. The van der Waals surface area contributed by atoms with Gasteiger partial charge in [0.2, 0.25) is 0 Å². The summed E-state index contributed by atoms with van der Waals surface area (Å²) in [5.41, 5.74) is 0. The second-order valence-electron chi connectivity index (χ2n) is 6.86. The van der Waals surface area contributed by atoms with E-state index in [1.807, 2.05) is 20.8 Å². The molecule has 0 radical (unpaired) electrons. The Balaban J connectivity index is 5.51. The third kappa shape index (κ3) is 4.73. The van der Waals surface area contributed by atoms with Crippen LogP contribution < -0.4 is 0 Å². The number of hydrogen-bond acceptors (Lipinski definition) is 3. The van der Waals surface area contributed by atoms with Crippen molar-refractivity contribution in [3.63, 3.8) is 0 Å². The molecule has 0 rings (SSSR count). The van der Waals surface area contributed by atoms with Gasteiger partial charge in [0.15, 0.2) is 8.32 Å². The zero-order valence-electron chi connectivity index (χ0n) is 13.0. The van der Waals surface area contributed by atoms with Crippen molar-refractivity contribution in [3.8, 4) is 0 Å². The van der Waals surface area contributed by atoms with E-state index >= 15 is 0 Å². The Morgan fingerprint density at radius 3 is 1.75 bits per heavy atom. The fourth-order valence-electron chi connectivity index (χ4n) is 1.51. The van der Waals surface area contributed by atoms with Gasteiger partial charge in [-0.05, 0) is 24.1 Å². The first-order valence-electron chi connectivity index (χ1n) is 6.49. The fraction of sp³-hybridized carbons (Fsp3) is 1.00. The minimum atomic E-state index is -4.92. The summed E-state index contributed by atoms with van der Waals surface area (Å²) in [5.74, 6) is -0.596. The highest BCUT2D eigenvalue weighted by atomic mass is 28.4. The molecule has 8 heteroatoms. The molecule has 4 nitrogen and oxygen atoms in total. The van der Waals surface area contributed by atoms with E-state index in [1.54, 1.807) is 13.1 Å². The first kappa shape index (κ1) is 19.4. The van der Waals surface area contributed by atoms with Gasteiger partial charge in [0.1, 0.15) is 6.10 Å². The lowest BCUT2D eigenvalue weighted by Gasteiger charge is -2.40. The minimum Gasteiger partial charge on any atom is -0.406 e. The molecule has 120 valence electrons. The number of nitro groups is 1. The Labute approximate surface area is 119 Å². The summed E-state index contributed by atoms with van der Waals surface area (Å²) in [4.78, 5) is 9.57. The molecule has 0 fully saturated rings. The van der Waals surface area contributed by atoms with E-state index in [0.29, 0.717) is 0 Å². The predicted molar refractivity (Wildman–Crippen MR) is 73.7 cm³/mol. The quantitative estimate of drug-likeness (QED) is 0.433. The number of hydrogen-bond donors (Lipinski definition) is 0. The molecular weight excluding hydrogens is 291 g/mol. The maximum atomic E-state index is 12.9. The molecule has 0 amide bonds. The maximum absolute atomic E-state index is 12.9. The summed E-state index contributed by atoms with van der Waals surface area (Å²) in [6.45, 7) is 12.2. The van der Waals surface area contributed by atoms with Gasteiger partial charge in [-0.25, -0.2) is 0 Å². The highest BCUT2D eigenvalue weighted by molar-refractivity contribution is 6.74. The van der Waals surface area contributed by atoms with Crippen LogP contribution in [0.2, 0.25) is 18.1 Å². The number of alkyl halides is 3. The molecule has 0 aromatic carbocycles. The third-order valence-electron chi connectivity index (χ3n) is 3.77. The number of nitrogens with zero attached hydrogens (tertiary/aromatic N) is 1. The molecule has 0 aromatic heterocycles. The van der Waals surface area contributed by atoms with Crippen LogP contribution in [0.25, 0.3) is 0 Å². The molecule has 0 heterocycles. The second-order valence-corrected chi connectivity index (χ2v) is 11.6. The molecule has 0 aliphatic rings. The average Bonchev–Trinajstić information content (AvgIpc) is 2.10. The number of rotatable bonds is 5. The van der Waals surface area contributed by atoms with E-state index in [0.717, 1.165) is 0 Å². The van der Waals surface area contributed by atoms with Crippen LogP contribution in [-0.2, 0) is 4.43 Å².